The summed E-state index contributed by atoms with van der Waals surface area (Å²) < 4.78 is 43.5. The molecule has 1 aromatic carbocycles. The van der Waals surface area contributed by atoms with Gasteiger partial charge < -0.3 is 9.73 Å². The minimum Gasteiger partial charge on any atom is -0.469 e. The number of alkyl halides is 3. The van der Waals surface area contributed by atoms with Gasteiger partial charge in [-0.25, -0.2) is 0 Å². The topological polar surface area (TPSA) is 25.2 Å². The van der Waals surface area contributed by atoms with Crippen LogP contribution >= 0.6 is 0 Å². The summed E-state index contributed by atoms with van der Waals surface area (Å²) in [6.07, 6.45) is -1.52. The summed E-state index contributed by atoms with van der Waals surface area (Å²) in [5.41, 5.74) is 0.0654. The summed E-state index contributed by atoms with van der Waals surface area (Å²) in [4.78, 5) is 0. The van der Waals surface area contributed by atoms with E-state index in [9.17, 15) is 13.2 Å². The lowest BCUT2D eigenvalue weighted by Gasteiger charge is -2.17. The highest BCUT2D eigenvalue weighted by atomic mass is 19.4. The van der Waals surface area contributed by atoms with Gasteiger partial charge >= 0.3 is 6.18 Å². The Bertz CT molecular complexity index is 549. The Balaban J connectivity index is 2.09. The highest BCUT2D eigenvalue weighted by molar-refractivity contribution is 5.26. The Hall–Kier alpha value is -1.75. The first kappa shape index (κ1) is 15.6. The molecule has 114 valence electrons. The Morgan fingerprint density at radius 1 is 1.14 bits per heavy atom. The highest BCUT2D eigenvalue weighted by Crippen LogP contribution is 2.29. The number of furan rings is 1. The molecule has 1 aromatic heterocycles. The van der Waals surface area contributed by atoms with Gasteiger partial charge in [0.05, 0.1) is 11.8 Å². The number of nitrogens with one attached hydrogen (secondary N) is 1. The molecule has 0 saturated carbocycles. The third-order valence-electron chi connectivity index (χ3n) is 3.26. The fourth-order valence-corrected chi connectivity index (χ4v) is 2.34. The second kappa shape index (κ2) is 6.80. The molecule has 0 aliphatic rings. The molecule has 1 N–H and O–H groups in total. The predicted molar refractivity (Wildman–Crippen MR) is 75.0 cm³/mol. The molecule has 0 amide bonds. The van der Waals surface area contributed by atoms with Crippen molar-refractivity contribution >= 4 is 0 Å². The van der Waals surface area contributed by atoms with Crippen LogP contribution in [0.1, 0.15) is 23.8 Å². The SMILES string of the molecule is CCNC(Cc1cccc(C(F)(F)F)c1)Cc1ccco1. The molecule has 0 fully saturated rings. The molecule has 0 aliphatic heterocycles. The van der Waals surface area contributed by atoms with Crippen LogP contribution < -0.4 is 5.32 Å². The molecule has 0 aliphatic carbocycles. The number of likely N-dealkylation sites (N-methyl/N-ethyl adjacent to an activating group) is 1. The Kier molecular flexibility index (Phi) is 5.07. The number of hydrogen-bond donors (Lipinski definition) is 1. The molecule has 2 nitrogen and oxygen atoms in total. The third-order valence-corrected chi connectivity index (χ3v) is 3.26. The van der Waals surface area contributed by atoms with E-state index in [1.807, 2.05) is 19.1 Å². The third kappa shape index (κ3) is 4.63. The van der Waals surface area contributed by atoms with Crippen molar-refractivity contribution in [2.75, 3.05) is 6.54 Å². The summed E-state index contributed by atoms with van der Waals surface area (Å²) >= 11 is 0. The van der Waals surface area contributed by atoms with Crippen molar-refractivity contribution in [1.82, 2.24) is 5.32 Å². The fraction of sp³-hybridized carbons (Fsp3) is 0.375. The van der Waals surface area contributed by atoms with E-state index in [1.165, 1.54) is 12.1 Å². The van der Waals surface area contributed by atoms with Gasteiger partial charge in [-0.05, 0) is 36.7 Å². The molecular weight excluding hydrogens is 279 g/mol. The van der Waals surface area contributed by atoms with E-state index in [4.69, 9.17) is 4.42 Å². The van der Waals surface area contributed by atoms with E-state index in [-0.39, 0.29) is 6.04 Å². The zero-order chi connectivity index (χ0) is 15.3. The van der Waals surface area contributed by atoms with Crippen LogP contribution in [0.5, 0.6) is 0 Å². The van der Waals surface area contributed by atoms with E-state index in [1.54, 1.807) is 12.3 Å². The van der Waals surface area contributed by atoms with E-state index in [2.05, 4.69) is 5.32 Å². The molecular formula is C16H18F3NO. The lowest BCUT2D eigenvalue weighted by molar-refractivity contribution is -0.137. The summed E-state index contributed by atoms with van der Waals surface area (Å²) in [5.74, 6) is 0.827. The van der Waals surface area contributed by atoms with E-state index in [0.29, 0.717) is 18.4 Å². The van der Waals surface area contributed by atoms with Crippen LogP contribution in [0.4, 0.5) is 13.2 Å². The monoisotopic (exact) mass is 297 g/mol. The minimum atomic E-state index is -4.30. The van der Waals surface area contributed by atoms with Crippen molar-refractivity contribution in [2.24, 2.45) is 0 Å². The minimum absolute atomic E-state index is 0.0460. The zero-order valence-corrected chi connectivity index (χ0v) is 11.8. The first-order chi connectivity index (χ1) is 9.99. The van der Waals surface area contributed by atoms with Crippen LogP contribution in [0.25, 0.3) is 0 Å². The van der Waals surface area contributed by atoms with Crippen LogP contribution in [0.2, 0.25) is 0 Å². The van der Waals surface area contributed by atoms with Crippen molar-refractivity contribution in [3.63, 3.8) is 0 Å². The number of benzene rings is 1. The van der Waals surface area contributed by atoms with Gasteiger partial charge in [-0.3, -0.25) is 0 Å². The van der Waals surface area contributed by atoms with Crippen LogP contribution in [0.15, 0.2) is 47.1 Å². The first-order valence-electron chi connectivity index (χ1n) is 6.91. The molecule has 2 rings (SSSR count). The smallest absolute Gasteiger partial charge is 0.416 e. The molecule has 0 spiro atoms. The summed E-state index contributed by atoms with van der Waals surface area (Å²) in [6.45, 7) is 2.73. The lowest BCUT2D eigenvalue weighted by atomic mass is 10.00. The van der Waals surface area contributed by atoms with Crippen molar-refractivity contribution in [3.8, 4) is 0 Å². The Morgan fingerprint density at radius 3 is 2.57 bits per heavy atom. The quantitative estimate of drug-likeness (QED) is 0.869. The Labute approximate surface area is 122 Å². The van der Waals surface area contributed by atoms with Crippen molar-refractivity contribution in [2.45, 2.75) is 32.0 Å². The maximum Gasteiger partial charge on any atom is 0.416 e. The average molecular weight is 297 g/mol. The van der Waals surface area contributed by atoms with Gasteiger partial charge in [-0.15, -0.1) is 0 Å². The second-order valence-corrected chi connectivity index (χ2v) is 4.94. The van der Waals surface area contributed by atoms with E-state index < -0.39 is 11.7 Å². The van der Waals surface area contributed by atoms with Gasteiger partial charge in [0, 0.05) is 12.5 Å². The second-order valence-electron chi connectivity index (χ2n) is 4.94. The maximum absolute atomic E-state index is 12.7. The summed E-state index contributed by atoms with van der Waals surface area (Å²) in [6, 6.07) is 9.21. The standard InChI is InChI=1S/C16H18F3NO/c1-2-20-14(11-15-7-4-8-21-15)10-12-5-3-6-13(9-12)16(17,18)19/h3-9,14,20H,2,10-11H2,1H3. The van der Waals surface area contributed by atoms with Crippen molar-refractivity contribution in [1.29, 1.82) is 0 Å². The van der Waals surface area contributed by atoms with Crippen LogP contribution in [-0.2, 0) is 19.0 Å². The van der Waals surface area contributed by atoms with Gasteiger partial charge in [-0.1, -0.05) is 25.1 Å². The van der Waals surface area contributed by atoms with Gasteiger partial charge in [0.15, 0.2) is 0 Å². The van der Waals surface area contributed by atoms with Crippen molar-refractivity contribution < 1.29 is 17.6 Å². The van der Waals surface area contributed by atoms with Crippen LogP contribution in [-0.4, -0.2) is 12.6 Å². The van der Waals surface area contributed by atoms with Gasteiger partial charge in [0.1, 0.15) is 5.76 Å². The molecule has 0 bridgehead atoms. The molecule has 5 heteroatoms. The zero-order valence-electron chi connectivity index (χ0n) is 11.8. The predicted octanol–water partition coefficient (Wildman–Crippen LogP) is 4.06. The van der Waals surface area contributed by atoms with Crippen molar-refractivity contribution in [3.05, 3.63) is 59.5 Å². The van der Waals surface area contributed by atoms with Crippen LogP contribution in [0, 0.1) is 0 Å². The molecule has 1 unspecified atom stereocenters. The summed E-state index contributed by atoms with van der Waals surface area (Å²) in [7, 11) is 0. The van der Waals surface area contributed by atoms with E-state index >= 15 is 0 Å². The van der Waals surface area contributed by atoms with Gasteiger partial charge in [0.25, 0.3) is 0 Å². The molecule has 0 saturated heterocycles. The van der Waals surface area contributed by atoms with Gasteiger partial charge in [0.2, 0.25) is 0 Å². The summed E-state index contributed by atoms with van der Waals surface area (Å²) in [5, 5.41) is 3.29. The molecule has 2 aromatic rings. The number of rotatable bonds is 6. The largest absolute Gasteiger partial charge is 0.469 e. The van der Waals surface area contributed by atoms with Crippen LogP contribution in [0.3, 0.4) is 0 Å². The molecule has 21 heavy (non-hydrogen) atoms. The van der Waals surface area contributed by atoms with E-state index in [0.717, 1.165) is 18.4 Å². The number of halogens is 3. The first-order valence-corrected chi connectivity index (χ1v) is 6.91. The number of hydrogen-bond acceptors (Lipinski definition) is 2. The van der Waals surface area contributed by atoms with Gasteiger partial charge in [-0.2, -0.15) is 13.2 Å². The lowest BCUT2D eigenvalue weighted by Crippen LogP contribution is -2.33. The molecule has 0 radical (unpaired) electrons. The fourth-order valence-electron chi connectivity index (χ4n) is 2.34. The molecule has 1 heterocycles. The Morgan fingerprint density at radius 2 is 1.95 bits per heavy atom. The normalized spacial score (nSPS) is 13.3. The average Bonchev–Trinajstić information content (AvgIpc) is 2.91. The highest BCUT2D eigenvalue weighted by Gasteiger charge is 2.30. The maximum atomic E-state index is 12.7. The molecule has 1 atom stereocenters.